The molecule has 0 spiro atoms. The first-order valence-corrected chi connectivity index (χ1v) is 8.81. The van der Waals surface area contributed by atoms with E-state index in [1.54, 1.807) is 0 Å². The maximum atomic E-state index is 6.41. The summed E-state index contributed by atoms with van der Waals surface area (Å²) in [6.45, 7) is 4.17. The van der Waals surface area contributed by atoms with Crippen LogP contribution in [0.4, 0.5) is 0 Å². The second-order valence-corrected chi connectivity index (χ2v) is 6.65. The lowest BCUT2D eigenvalue weighted by atomic mass is 9.97. The summed E-state index contributed by atoms with van der Waals surface area (Å²) in [5.74, 6) is 0.811. The number of likely N-dealkylation sites (N-methyl/N-ethyl adjacent to an activating group) is 1. The number of aryl methyl sites for hydroxylation is 1. The molecule has 2 atom stereocenters. The zero-order valence-corrected chi connectivity index (χ0v) is 13.3. The van der Waals surface area contributed by atoms with Gasteiger partial charge in [-0.2, -0.15) is 0 Å². The van der Waals surface area contributed by atoms with Crippen molar-refractivity contribution in [2.45, 2.75) is 64.0 Å². The van der Waals surface area contributed by atoms with E-state index in [4.69, 9.17) is 4.74 Å². The van der Waals surface area contributed by atoms with E-state index in [1.165, 1.54) is 56.1 Å². The highest BCUT2D eigenvalue weighted by Gasteiger charge is 2.28. The predicted molar refractivity (Wildman–Crippen MR) is 87.5 cm³/mol. The third-order valence-corrected chi connectivity index (χ3v) is 5.14. The van der Waals surface area contributed by atoms with E-state index in [9.17, 15) is 0 Å². The summed E-state index contributed by atoms with van der Waals surface area (Å²) in [5, 5.41) is 3.68. The van der Waals surface area contributed by atoms with Crippen LogP contribution in [0, 0.1) is 5.92 Å². The lowest BCUT2D eigenvalue weighted by Crippen LogP contribution is -2.34. The summed E-state index contributed by atoms with van der Waals surface area (Å²) in [6, 6.07) is 9.29. The summed E-state index contributed by atoms with van der Waals surface area (Å²) in [5.41, 5.74) is 2.98. The highest BCUT2D eigenvalue weighted by atomic mass is 16.5. The summed E-state index contributed by atoms with van der Waals surface area (Å²) in [4.78, 5) is 0. The van der Waals surface area contributed by atoms with Crippen molar-refractivity contribution in [1.29, 1.82) is 0 Å². The van der Waals surface area contributed by atoms with Crippen LogP contribution in [0.5, 0.6) is 0 Å². The van der Waals surface area contributed by atoms with Gasteiger partial charge in [-0.25, -0.2) is 0 Å². The molecule has 1 saturated carbocycles. The van der Waals surface area contributed by atoms with Gasteiger partial charge in [-0.1, -0.05) is 44.0 Å². The largest absolute Gasteiger partial charge is 0.376 e. The van der Waals surface area contributed by atoms with Crippen molar-refractivity contribution in [3.63, 3.8) is 0 Å². The van der Waals surface area contributed by atoms with Crippen LogP contribution in [0.15, 0.2) is 24.3 Å². The summed E-state index contributed by atoms with van der Waals surface area (Å²) >= 11 is 0. The Morgan fingerprint density at radius 1 is 1.10 bits per heavy atom. The maximum Gasteiger partial charge on any atom is 0.0770 e. The first-order chi connectivity index (χ1) is 10.4. The number of hydrogen-bond acceptors (Lipinski definition) is 2. The minimum atomic E-state index is 0.342. The Bertz CT molecular complexity index is 439. The Hall–Kier alpha value is -0.860. The van der Waals surface area contributed by atoms with Gasteiger partial charge in [-0.3, -0.25) is 0 Å². The first-order valence-electron chi connectivity index (χ1n) is 8.81. The summed E-state index contributed by atoms with van der Waals surface area (Å²) < 4.78 is 6.41. The monoisotopic (exact) mass is 287 g/mol. The van der Waals surface area contributed by atoms with Crippen molar-refractivity contribution in [2.24, 2.45) is 5.92 Å². The molecule has 0 heterocycles. The molecule has 2 heteroatoms. The molecule has 0 radical (unpaired) electrons. The smallest absolute Gasteiger partial charge is 0.0770 e. The third-order valence-electron chi connectivity index (χ3n) is 5.14. The van der Waals surface area contributed by atoms with Gasteiger partial charge < -0.3 is 10.1 Å². The lowest BCUT2D eigenvalue weighted by molar-refractivity contribution is 0.00240. The van der Waals surface area contributed by atoms with Crippen LogP contribution in [-0.4, -0.2) is 19.3 Å². The van der Waals surface area contributed by atoms with Crippen LogP contribution in [-0.2, 0) is 11.2 Å². The van der Waals surface area contributed by atoms with Crippen LogP contribution in [0.1, 0.15) is 62.6 Å². The van der Waals surface area contributed by atoms with Gasteiger partial charge in [0.1, 0.15) is 0 Å². The second-order valence-electron chi connectivity index (χ2n) is 6.65. The molecule has 2 aliphatic carbocycles. The molecule has 1 aromatic rings. The molecule has 0 bridgehead atoms. The molecule has 1 aromatic carbocycles. The van der Waals surface area contributed by atoms with E-state index in [0.717, 1.165) is 19.1 Å². The molecular formula is C19H29NO. The van der Waals surface area contributed by atoms with Crippen molar-refractivity contribution < 1.29 is 4.74 Å². The van der Waals surface area contributed by atoms with E-state index in [2.05, 4.69) is 36.5 Å². The van der Waals surface area contributed by atoms with E-state index in [1.807, 2.05) is 0 Å². The van der Waals surface area contributed by atoms with Crippen LogP contribution >= 0.6 is 0 Å². The van der Waals surface area contributed by atoms with Crippen LogP contribution in [0.3, 0.4) is 0 Å². The molecule has 0 aliphatic heterocycles. The fraction of sp³-hybridized carbons (Fsp3) is 0.684. The van der Waals surface area contributed by atoms with Crippen LogP contribution in [0.2, 0.25) is 0 Å². The average Bonchev–Trinajstić information content (AvgIpc) is 2.96. The lowest BCUT2D eigenvalue weighted by Gasteiger charge is -2.28. The molecule has 2 nitrogen and oxygen atoms in total. The standard InChI is InChI=1S/C19H29NO/c1-2-20-19-17-12-6-5-10-16(17)11-7-13-18(19)21-14-15-8-3-4-9-15/h5-6,10,12,15,18-20H,2-4,7-9,11,13-14H2,1H3. The Labute approximate surface area is 129 Å². The van der Waals surface area contributed by atoms with Crippen LogP contribution in [0.25, 0.3) is 0 Å². The molecule has 2 aliphatic rings. The van der Waals surface area contributed by atoms with Gasteiger partial charge in [0.05, 0.1) is 12.1 Å². The minimum absolute atomic E-state index is 0.342. The molecular weight excluding hydrogens is 258 g/mol. The Kier molecular flexibility index (Phi) is 5.32. The van der Waals surface area contributed by atoms with Crippen molar-refractivity contribution in [2.75, 3.05) is 13.2 Å². The molecule has 3 rings (SSSR count). The minimum Gasteiger partial charge on any atom is -0.376 e. The van der Waals surface area contributed by atoms with Gasteiger partial charge in [0.15, 0.2) is 0 Å². The first kappa shape index (κ1) is 15.1. The van der Waals surface area contributed by atoms with Crippen molar-refractivity contribution in [1.82, 2.24) is 5.32 Å². The molecule has 0 saturated heterocycles. The van der Waals surface area contributed by atoms with Gasteiger partial charge >= 0.3 is 0 Å². The molecule has 0 aromatic heterocycles. The van der Waals surface area contributed by atoms with E-state index >= 15 is 0 Å². The number of rotatable bonds is 5. The normalized spacial score (nSPS) is 26.5. The van der Waals surface area contributed by atoms with Gasteiger partial charge in [0, 0.05) is 6.61 Å². The number of ether oxygens (including phenoxy) is 1. The van der Waals surface area contributed by atoms with E-state index in [-0.39, 0.29) is 0 Å². The fourth-order valence-electron chi connectivity index (χ4n) is 4.00. The number of nitrogens with one attached hydrogen (secondary N) is 1. The zero-order valence-electron chi connectivity index (χ0n) is 13.3. The van der Waals surface area contributed by atoms with Crippen molar-refractivity contribution >= 4 is 0 Å². The Morgan fingerprint density at radius 2 is 1.90 bits per heavy atom. The summed E-state index contributed by atoms with van der Waals surface area (Å²) in [6.07, 6.45) is 9.50. The van der Waals surface area contributed by atoms with Gasteiger partial charge in [0.2, 0.25) is 0 Å². The van der Waals surface area contributed by atoms with Crippen molar-refractivity contribution in [3.05, 3.63) is 35.4 Å². The highest BCUT2D eigenvalue weighted by Crippen LogP contribution is 2.32. The zero-order chi connectivity index (χ0) is 14.5. The van der Waals surface area contributed by atoms with Crippen LogP contribution < -0.4 is 5.32 Å². The number of fused-ring (bicyclic) bond motifs is 1. The second kappa shape index (κ2) is 7.42. The molecule has 0 amide bonds. The third kappa shape index (κ3) is 3.67. The highest BCUT2D eigenvalue weighted by molar-refractivity contribution is 5.32. The summed E-state index contributed by atoms with van der Waals surface area (Å²) in [7, 11) is 0. The Balaban J connectivity index is 1.71. The SMILES string of the molecule is CCNC1c2ccccc2CCCC1OCC1CCCC1. The van der Waals surface area contributed by atoms with E-state index < -0.39 is 0 Å². The van der Waals surface area contributed by atoms with Gasteiger partial charge in [0.25, 0.3) is 0 Å². The molecule has 1 N–H and O–H groups in total. The maximum absolute atomic E-state index is 6.41. The molecule has 116 valence electrons. The number of benzene rings is 1. The molecule has 21 heavy (non-hydrogen) atoms. The number of hydrogen-bond donors (Lipinski definition) is 1. The molecule has 2 unspecified atom stereocenters. The van der Waals surface area contributed by atoms with Crippen molar-refractivity contribution in [3.8, 4) is 0 Å². The quantitative estimate of drug-likeness (QED) is 0.818. The Morgan fingerprint density at radius 3 is 2.71 bits per heavy atom. The molecule has 1 fully saturated rings. The predicted octanol–water partition coefficient (Wildman–Crippen LogP) is 4.25. The fourth-order valence-corrected chi connectivity index (χ4v) is 4.00. The topological polar surface area (TPSA) is 21.3 Å². The van der Waals surface area contributed by atoms with Gasteiger partial charge in [-0.05, 0) is 55.7 Å². The van der Waals surface area contributed by atoms with Gasteiger partial charge in [-0.15, -0.1) is 0 Å². The average molecular weight is 287 g/mol. The van der Waals surface area contributed by atoms with E-state index in [0.29, 0.717) is 12.1 Å².